The van der Waals surface area contributed by atoms with Gasteiger partial charge in [-0.05, 0) is 32.1 Å². The highest BCUT2D eigenvalue weighted by atomic mass is 79.9. The van der Waals surface area contributed by atoms with Gasteiger partial charge in [0.1, 0.15) is 6.10 Å². The molecular formula is C19H37BrO2. The number of unbranched alkanes of at least 4 members (excludes halogenated alkanes) is 9. The minimum atomic E-state index is 0.0123. The summed E-state index contributed by atoms with van der Waals surface area (Å²) in [5.74, 6) is 0.0123. The van der Waals surface area contributed by atoms with E-state index in [0.717, 1.165) is 31.0 Å². The molecule has 0 heterocycles. The number of ether oxygens (including phenoxy) is 1. The van der Waals surface area contributed by atoms with Crippen LogP contribution in [0.15, 0.2) is 0 Å². The zero-order valence-electron chi connectivity index (χ0n) is 14.9. The van der Waals surface area contributed by atoms with Crippen LogP contribution in [0.25, 0.3) is 0 Å². The second-order valence-corrected chi connectivity index (χ2v) is 7.08. The summed E-state index contributed by atoms with van der Waals surface area (Å²) in [7, 11) is 0. The third-order valence-electron chi connectivity index (χ3n) is 4.15. The number of alkyl halides is 1. The van der Waals surface area contributed by atoms with Gasteiger partial charge in [-0.2, -0.15) is 0 Å². The maximum atomic E-state index is 11.8. The molecule has 0 rings (SSSR count). The lowest BCUT2D eigenvalue weighted by molar-refractivity contribution is -0.149. The lowest BCUT2D eigenvalue weighted by Crippen LogP contribution is -2.17. The minimum Gasteiger partial charge on any atom is -0.462 e. The van der Waals surface area contributed by atoms with Gasteiger partial charge in [-0.15, -0.1) is 0 Å². The summed E-state index contributed by atoms with van der Waals surface area (Å²) in [6.45, 7) is 4.36. The monoisotopic (exact) mass is 376 g/mol. The van der Waals surface area contributed by atoms with Crippen LogP contribution >= 0.6 is 15.9 Å². The summed E-state index contributed by atoms with van der Waals surface area (Å²) in [5, 5.41) is 1.09. The highest BCUT2D eigenvalue weighted by Crippen LogP contribution is 2.14. The van der Waals surface area contributed by atoms with E-state index in [1.807, 2.05) is 0 Å². The van der Waals surface area contributed by atoms with E-state index < -0.39 is 0 Å². The van der Waals surface area contributed by atoms with Crippen molar-refractivity contribution in [1.29, 1.82) is 0 Å². The lowest BCUT2D eigenvalue weighted by Gasteiger charge is -2.16. The van der Waals surface area contributed by atoms with Gasteiger partial charge in [-0.25, -0.2) is 0 Å². The van der Waals surface area contributed by atoms with Crippen LogP contribution in [-0.2, 0) is 9.53 Å². The Morgan fingerprint density at radius 3 is 2.09 bits per heavy atom. The van der Waals surface area contributed by atoms with Crippen molar-refractivity contribution >= 4 is 21.9 Å². The topological polar surface area (TPSA) is 26.3 Å². The van der Waals surface area contributed by atoms with Gasteiger partial charge in [0.2, 0.25) is 0 Å². The quantitative estimate of drug-likeness (QED) is 0.168. The Bertz CT molecular complexity index is 244. The average molecular weight is 377 g/mol. The van der Waals surface area contributed by atoms with E-state index in [2.05, 4.69) is 29.8 Å². The van der Waals surface area contributed by atoms with Crippen molar-refractivity contribution in [3.8, 4) is 0 Å². The first-order chi connectivity index (χ1) is 10.7. The molecule has 0 spiro atoms. The number of halogens is 1. The maximum Gasteiger partial charge on any atom is 0.306 e. The van der Waals surface area contributed by atoms with Gasteiger partial charge in [-0.1, -0.05) is 81.1 Å². The van der Waals surface area contributed by atoms with Gasteiger partial charge >= 0.3 is 5.97 Å². The first-order valence-corrected chi connectivity index (χ1v) is 10.6. The molecule has 0 N–H and O–H groups in total. The van der Waals surface area contributed by atoms with Crippen molar-refractivity contribution < 1.29 is 9.53 Å². The standard InChI is InChI=1S/C19H37BrO2/c1-3-5-6-7-9-12-15-18(4-2)22-19(21)16-13-10-8-11-14-17-20/h18H,3-17H2,1-2H3/t18-/m0/s1. The van der Waals surface area contributed by atoms with Gasteiger partial charge in [-0.3, -0.25) is 4.79 Å². The molecule has 3 heteroatoms. The molecule has 0 aliphatic rings. The van der Waals surface area contributed by atoms with Crippen LogP contribution in [0, 0.1) is 0 Å². The summed E-state index contributed by atoms with van der Waals surface area (Å²) in [5.41, 5.74) is 0. The highest BCUT2D eigenvalue weighted by Gasteiger charge is 2.11. The average Bonchev–Trinajstić information content (AvgIpc) is 2.52. The predicted octanol–water partition coefficient (Wildman–Crippen LogP) is 6.79. The van der Waals surface area contributed by atoms with Gasteiger partial charge in [0, 0.05) is 11.8 Å². The van der Waals surface area contributed by atoms with Crippen LogP contribution in [0.2, 0.25) is 0 Å². The zero-order valence-corrected chi connectivity index (χ0v) is 16.5. The SMILES string of the molecule is CCCCCCCC[C@H](CC)OC(=O)CCCCCCCBr. The molecule has 0 bridgehead atoms. The smallest absolute Gasteiger partial charge is 0.306 e. The largest absolute Gasteiger partial charge is 0.462 e. The predicted molar refractivity (Wildman–Crippen MR) is 99.7 cm³/mol. The zero-order chi connectivity index (χ0) is 16.5. The van der Waals surface area contributed by atoms with E-state index in [-0.39, 0.29) is 12.1 Å². The normalized spacial score (nSPS) is 12.3. The maximum absolute atomic E-state index is 11.8. The number of carbonyl (C=O) groups excluding carboxylic acids is 1. The fraction of sp³-hybridized carbons (Fsp3) is 0.947. The number of hydrogen-bond donors (Lipinski definition) is 0. The second-order valence-electron chi connectivity index (χ2n) is 6.28. The summed E-state index contributed by atoms with van der Waals surface area (Å²) in [4.78, 5) is 11.8. The molecule has 0 saturated carbocycles. The molecule has 0 aromatic carbocycles. The molecule has 0 radical (unpaired) electrons. The second kappa shape index (κ2) is 17.3. The Morgan fingerprint density at radius 2 is 1.45 bits per heavy atom. The summed E-state index contributed by atoms with van der Waals surface area (Å²) in [6, 6.07) is 0. The minimum absolute atomic E-state index is 0.0123. The van der Waals surface area contributed by atoms with Crippen molar-refractivity contribution in [2.75, 3.05) is 5.33 Å². The summed E-state index contributed by atoms with van der Waals surface area (Å²) < 4.78 is 5.61. The molecule has 0 aliphatic heterocycles. The van der Waals surface area contributed by atoms with E-state index >= 15 is 0 Å². The summed E-state index contributed by atoms with van der Waals surface area (Å²) in [6.07, 6.45) is 16.4. The Kier molecular flexibility index (Phi) is 17.3. The lowest BCUT2D eigenvalue weighted by atomic mass is 10.1. The van der Waals surface area contributed by atoms with Crippen LogP contribution in [-0.4, -0.2) is 17.4 Å². The van der Waals surface area contributed by atoms with Crippen LogP contribution in [0.5, 0.6) is 0 Å². The molecule has 22 heavy (non-hydrogen) atoms. The molecule has 1 atom stereocenters. The molecule has 2 nitrogen and oxygen atoms in total. The van der Waals surface area contributed by atoms with Crippen LogP contribution < -0.4 is 0 Å². The third kappa shape index (κ3) is 14.9. The molecule has 0 fully saturated rings. The number of esters is 1. The van der Waals surface area contributed by atoms with Crippen LogP contribution in [0.1, 0.15) is 104 Å². The van der Waals surface area contributed by atoms with Crippen molar-refractivity contribution in [3.63, 3.8) is 0 Å². The van der Waals surface area contributed by atoms with Crippen LogP contribution in [0.3, 0.4) is 0 Å². The molecule has 0 aromatic rings. The number of hydrogen-bond acceptors (Lipinski definition) is 2. The van der Waals surface area contributed by atoms with Gasteiger partial charge < -0.3 is 4.74 Å². The Balaban J connectivity index is 3.54. The Morgan fingerprint density at radius 1 is 0.864 bits per heavy atom. The van der Waals surface area contributed by atoms with Crippen LogP contribution in [0.4, 0.5) is 0 Å². The van der Waals surface area contributed by atoms with E-state index in [9.17, 15) is 4.79 Å². The number of carbonyl (C=O) groups is 1. The Hall–Kier alpha value is -0.0500. The highest BCUT2D eigenvalue weighted by molar-refractivity contribution is 9.09. The molecule has 132 valence electrons. The van der Waals surface area contributed by atoms with E-state index in [0.29, 0.717) is 6.42 Å². The fourth-order valence-electron chi connectivity index (χ4n) is 2.64. The van der Waals surface area contributed by atoms with E-state index in [1.165, 1.54) is 57.8 Å². The number of rotatable bonds is 16. The van der Waals surface area contributed by atoms with Gasteiger partial charge in [0.15, 0.2) is 0 Å². The van der Waals surface area contributed by atoms with E-state index in [4.69, 9.17) is 4.74 Å². The van der Waals surface area contributed by atoms with E-state index in [1.54, 1.807) is 0 Å². The van der Waals surface area contributed by atoms with Crippen molar-refractivity contribution in [2.24, 2.45) is 0 Å². The van der Waals surface area contributed by atoms with Crippen molar-refractivity contribution in [3.05, 3.63) is 0 Å². The fourth-order valence-corrected chi connectivity index (χ4v) is 3.03. The molecule has 0 saturated heterocycles. The third-order valence-corrected chi connectivity index (χ3v) is 4.71. The molecule has 0 unspecified atom stereocenters. The molecular weight excluding hydrogens is 340 g/mol. The molecule has 0 aromatic heterocycles. The first kappa shape index (κ1) is 21.9. The van der Waals surface area contributed by atoms with Gasteiger partial charge in [0.25, 0.3) is 0 Å². The Labute approximate surface area is 146 Å². The first-order valence-electron chi connectivity index (χ1n) is 9.50. The van der Waals surface area contributed by atoms with Gasteiger partial charge in [0.05, 0.1) is 0 Å². The van der Waals surface area contributed by atoms with Crippen molar-refractivity contribution in [2.45, 2.75) is 110 Å². The molecule has 0 amide bonds. The molecule has 0 aliphatic carbocycles. The summed E-state index contributed by atoms with van der Waals surface area (Å²) >= 11 is 3.44. The van der Waals surface area contributed by atoms with Crippen molar-refractivity contribution in [1.82, 2.24) is 0 Å².